The number of allylic oxidation sites excluding steroid dienone is 4. The zero-order valence-electron chi connectivity index (χ0n) is 18.8. The molecule has 1 aromatic carbocycles. The van der Waals surface area contributed by atoms with E-state index in [0.717, 1.165) is 30.6 Å². The average Bonchev–Trinajstić information content (AvgIpc) is 3.04. The molecule has 0 radical (unpaired) electrons. The van der Waals surface area contributed by atoms with Crippen LogP contribution in [0.25, 0.3) is 0 Å². The van der Waals surface area contributed by atoms with Gasteiger partial charge in [0.2, 0.25) is 0 Å². The summed E-state index contributed by atoms with van der Waals surface area (Å²) in [5.74, 6) is -2.42. The van der Waals surface area contributed by atoms with Crippen molar-refractivity contribution in [2.24, 2.45) is 4.99 Å². The molecule has 0 saturated carbocycles. The Kier molecular flexibility index (Phi) is 7.25. The van der Waals surface area contributed by atoms with Crippen LogP contribution in [0.5, 0.6) is 0 Å². The maximum atomic E-state index is 14.8. The first-order valence-electron chi connectivity index (χ1n) is 10.1. The average molecular weight is 513 g/mol. The van der Waals surface area contributed by atoms with Gasteiger partial charge in [0.05, 0.1) is 4.91 Å². The number of aryl methyl sites for hydroxylation is 1. The van der Waals surface area contributed by atoms with Crippen LogP contribution in [-0.2, 0) is 9.84 Å². The standard InChI is InChI=1S/C23H20F5N3O3S/c1-13-10-19(22(32)31(2)3)30-12-17(13)21(16-11-14(24)4-6-18(16)25)35(33,34)15-5-7-20(23(26,27)28)29-9-8-15/h4-7,9-12,21H,8H2,1-3H3. The Bertz CT molecular complexity index is 1360. The van der Waals surface area contributed by atoms with Gasteiger partial charge in [0, 0.05) is 38.5 Å². The van der Waals surface area contributed by atoms with Crippen molar-refractivity contribution in [3.05, 3.63) is 87.2 Å². The number of rotatable bonds is 5. The molecule has 2 heterocycles. The van der Waals surface area contributed by atoms with E-state index in [0.29, 0.717) is 12.1 Å². The molecule has 0 saturated heterocycles. The molecule has 186 valence electrons. The third kappa shape index (κ3) is 5.47. The van der Waals surface area contributed by atoms with Crippen molar-refractivity contribution in [3.63, 3.8) is 0 Å². The van der Waals surface area contributed by atoms with Crippen LogP contribution in [0.1, 0.15) is 38.8 Å². The van der Waals surface area contributed by atoms with Crippen LogP contribution in [-0.4, -0.2) is 50.7 Å². The van der Waals surface area contributed by atoms with Gasteiger partial charge in [-0.25, -0.2) is 17.2 Å². The normalized spacial score (nSPS) is 15.2. The lowest BCUT2D eigenvalue weighted by Gasteiger charge is -2.22. The monoisotopic (exact) mass is 513 g/mol. The van der Waals surface area contributed by atoms with Gasteiger partial charge in [-0.15, -0.1) is 0 Å². The van der Waals surface area contributed by atoms with Gasteiger partial charge in [-0.1, -0.05) is 0 Å². The Balaban J connectivity index is 2.24. The molecule has 0 bridgehead atoms. The van der Waals surface area contributed by atoms with Crippen molar-refractivity contribution in [2.75, 3.05) is 14.1 Å². The Labute approximate surface area is 198 Å². The fourth-order valence-corrected chi connectivity index (χ4v) is 5.41. The van der Waals surface area contributed by atoms with E-state index in [-0.39, 0.29) is 16.8 Å². The van der Waals surface area contributed by atoms with Gasteiger partial charge < -0.3 is 4.90 Å². The predicted molar refractivity (Wildman–Crippen MR) is 119 cm³/mol. The van der Waals surface area contributed by atoms with Crippen molar-refractivity contribution < 1.29 is 35.2 Å². The first-order valence-corrected chi connectivity index (χ1v) is 11.7. The minimum absolute atomic E-state index is 0.00863. The molecule has 35 heavy (non-hydrogen) atoms. The highest BCUT2D eigenvalue weighted by Crippen LogP contribution is 2.39. The molecule has 1 aromatic heterocycles. The summed E-state index contributed by atoms with van der Waals surface area (Å²) in [6, 6.07) is 3.58. The summed E-state index contributed by atoms with van der Waals surface area (Å²) >= 11 is 0. The number of nitrogens with zero attached hydrogens (tertiary/aromatic N) is 3. The largest absolute Gasteiger partial charge is 0.433 e. The number of aliphatic imine (C=N–C) groups is 1. The second-order valence-electron chi connectivity index (χ2n) is 7.92. The smallest absolute Gasteiger partial charge is 0.343 e. The first-order chi connectivity index (χ1) is 16.2. The highest BCUT2D eigenvalue weighted by atomic mass is 32.2. The topological polar surface area (TPSA) is 79.7 Å². The van der Waals surface area contributed by atoms with Gasteiger partial charge >= 0.3 is 6.18 Å². The summed E-state index contributed by atoms with van der Waals surface area (Å²) in [6.07, 6.45) is -2.19. The number of amides is 1. The number of carbonyl (C=O) groups excluding carboxylic acids is 1. The van der Waals surface area contributed by atoms with Gasteiger partial charge in [-0.3, -0.25) is 14.8 Å². The van der Waals surface area contributed by atoms with Crippen LogP contribution < -0.4 is 0 Å². The van der Waals surface area contributed by atoms with Crippen molar-refractivity contribution in [3.8, 4) is 0 Å². The van der Waals surface area contributed by atoms with Crippen molar-refractivity contribution in [1.82, 2.24) is 9.88 Å². The predicted octanol–water partition coefficient (Wildman–Crippen LogP) is 4.68. The lowest BCUT2D eigenvalue weighted by molar-refractivity contribution is -0.0922. The van der Waals surface area contributed by atoms with E-state index in [9.17, 15) is 35.2 Å². The Morgan fingerprint density at radius 1 is 1.09 bits per heavy atom. The molecule has 12 heteroatoms. The zero-order valence-corrected chi connectivity index (χ0v) is 19.6. The van der Waals surface area contributed by atoms with Gasteiger partial charge in [0.15, 0.2) is 9.84 Å². The minimum atomic E-state index is -4.81. The molecule has 0 N–H and O–H groups in total. The summed E-state index contributed by atoms with van der Waals surface area (Å²) < 4.78 is 95.5. The fraction of sp³-hybridized carbons (Fsp3) is 0.261. The van der Waals surface area contributed by atoms with Gasteiger partial charge in [0.1, 0.15) is 28.3 Å². The molecule has 1 atom stereocenters. The minimum Gasteiger partial charge on any atom is -0.343 e. The van der Waals surface area contributed by atoms with Gasteiger partial charge in [-0.05, 0) is 54.5 Å². The van der Waals surface area contributed by atoms with Gasteiger partial charge in [-0.2, -0.15) is 13.2 Å². The molecule has 6 nitrogen and oxygen atoms in total. The van der Waals surface area contributed by atoms with E-state index in [1.807, 2.05) is 0 Å². The number of pyridine rings is 1. The SMILES string of the molecule is Cc1cc(C(=O)N(C)C)ncc1C(c1cc(F)ccc1F)S(=O)(=O)C1=CC=C(C(F)(F)F)N=CC1. The lowest BCUT2D eigenvalue weighted by Crippen LogP contribution is -2.24. The molecular weight excluding hydrogens is 493 g/mol. The molecule has 1 unspecified atom stereocenters. The second-order valence-corrected chi connectivity index (χ2v) is 10.0. The first kappa shape index (κ1) is 26.2. The van der Waals surface area contributed by atoms with Crippen LogP contribution in [0, 0.1) is 18.6 Å². The van der Waals surface area contributed by atoms with Crippen molar-refractivity contribution >= 4 is 22.0 Å². The number of carbonyl (C=O) groups is 1. The molecule has 0 fully saturated rings. The number of sulfone groups is 1. The highest BCUT2D eigenvalue weighted by Gasteiger charge is 2.38. The van der Waals surface area contributed by atoms with Gasteiger partial charge in [0.25, 0.3) is 5.91 Å². The van der Waals surface area contributed by atoms with Crippen LogP contribution >= 0.6 is 0 Å². The summed E-state index contributed by atoms with van der Waals surface area (Å²) in [7, 11) is -1.63. The number of benzene rings is 1. The summed E-state index contributed by atoms with van der Waals surface area (Å²) in [4.78, 5) is 20.3. The lowest BCUT2D eigenvalue weighted by atomic mass is 10.0. The fourth-order valence-electron chi connectivity index (χ4n) is 3.45. The molecule has 1 aliphatic heterocycles. The van der Waals surface area contributed by atoms with Crippen LogP contribution in [0.4, 0.5) is 22.0 Å². The Hall–Kier alpha value is -3.41. The highest BCUT2D eigenvalue weighted by molar-refractivity contribution is 7.95. The second kappa shape index (κ2) is 9.68. The number of hydrogen-bond donors (Lipinski definition) is 0. The molecule has 0 spiro atoms. The van der Waals surface area contributed by atoms with Crippen molar-refractivity contribution in [1.29, 1.82) is 0 Å². The zero-order chi connectivity index (χ0) is 26.1. The summed E-state index contributed by atoms with van der Waals surface area (Å²) in [6.45, 7) is 1.47. The van der Waals surface area contributed by atoms with E-state index < -0.39 is 61.4 Å². The number of aromatic nitrogens is 1. The van der Waals surface area contributed by atoms with Crippen LogP contribution in [0.3, 0.4) is 0 Å². The maximum Gasteiger partial charge on any atom is 0.433 e. The van der Waals surface area contributed by atoms with E-state index >= 15 is 0 Å². The van der Waals surface area contributed by atoms with E-state index in [1.54, 1.807) is 0 Å². The Morgan fingerprint density at radius 3 is 2.37 bits per heavy atom. The maximum absolute atomic E-state index is 14.8. The van der Waals surface area contributed by atoms with Crippen molar-refractivity contribution in [2.45, 2.75) is 24.8 Å². The molecule has 0 aliphatic carbocycles. The van der Waals surface area contributed by atoms with E-state index in [1.165, 1.54) is 32.0 Å². The summed E-state index contributed by atoms with van der Waals surface area (Å²) in [5, 5.41) is -1.85. The van der Waals surface area contributed by atoms with Crippen LogP contribution in [0.2, 0.25) is 0 Å². The molecule has 1 aliphatic rings. The van der Waals surface area contributed by atoms with E-state index in [4.69, 9.17) is 0 Å². The molecular formula is C23H20F5N3O3S. The van der Waals surface area contributed by atoms with E-state index in [2.05, 4.69) is 9.98 Å². The molecule has 2 aromatic rings. The quantitative estimate of drug-likeness (QED) is 0.544. The summed E-state index contributed by atoms with van der Waals surface area (Å²) in [5.41, 5.74) is -1.70. The third-order valence-corrected chi connectivity index (χ3v) is 7.38. The number of alkyl halides is 3. The number of halogens is 5. The Morgan fingerprint density at radius 2 is 1.77 bits per heavy atom. The molecule has 3 rings (SSSR count). The molecule has 1 amide bonds. The van der Waals surface area contributed by atoms with Crippen LogP contribution in [0.15, 0.2) is 58.2 Å². The third-order valence-electron chi connectivity index (χ3n) is 5.22. The number of hydrogen-bond acceptors (Lipinski definition) is 5.